The summed E-state index contributed by atoms with van der Waals surface area (Å²) in [6, 6.07) is 2.35. The Balaban J connectivity index is 2.37. The van der Waals surface area contributed by atoms with E-state index in [1.165, 1.54) is 14.2 Å². The second-order valence-electron chi connectivity index (χ2n) is 3.50. The van der Waals surface area contributed by atoms with E-state index in [1.54, 1.807) is 17.7 Å². The topological polar surface area (TPSA) is 37.8 Å². The van der Waals surface area contributed by atoms with Crippen LogP contribution < -0.4 is 5.32 Å². The number of rotatable bonds is 3. The average molecular weight is 298 g/mol. The van der Waals surface area contributed by atoms with E-state index in [9.17, 15) is 0 Å². The van der Waals surface area contributed by atoms with Gasteiger partial charge in [0.1, 0.15) is 6.33 Å². The van der Waals surface area contributed by atoms with E-state index in [1.807, 2.05) is 19.4 Å². The molecule has 0 saturated heterocycles. The van der Waals surface area contributed by atoms with Gasteiger partial charge >= 0.3 is 0 Å². The van der Waals surface area contributed by atoms with Crippen molar-refractivity contribution >= 4 is 27.3 Å². The maximum atomic E-state index is 4.05. The first kappa shape index (κ1) is 11.7. The number of hydrogen-bond donors (Lipinski definition) is 1. The molecule has 84 valence electrons. The molecule has 2 rings (SSSR count). The Hall–Kier alpha value is -0.780. The lowest BCUT2D eigenvalue weighted by Gasteiger charge is -2.13. The van der Waals surface area contributed by atoms with Crippen molar-refractivity contribution in [2.24, 2.45) is 0 Å². The van der Waals surface area contributed by atoms with Crippen LogP contribution in [0.25, 0.3) is 0 Å². The van der Waals surface area contributed by atoms with Crippen molar-refractivity contribution in [2.75, 3.05) is 7.05 Å². The highest BCUT2D eigenvalue weighted by Crippen LogP contribution is 2.33. The van der Waals surface area contributed by atoms with Crippen LogP contribution in [-0.4, -0.2) is 17.0 Å². The third kappa shape index (κ3) is 2.31. The van der Waals surface area contributed by atoms with Gasteiger partial charge in [0.25, 0.3) is 0 Å². The minimum atomic E-state index is 0.163. The molecule has 0 bridgehead atoms. The molecule has 2 aromatic heterocycles. The molecule has 1 atom stereocenters. The summed E-state index contributed by atoms with van der Waals surface area (Å²) in [6.07, 6.45) is 5.24. The van der Waals surface area contributed by atoms with Crippen LogP contribution in [0.3, 0.4) is 0 Å². The molecule has 16 heavy (non-hydrogen) atoms. The summed E-state index contributed by atoms with van der Waals surface area (Å²) >= 11 is 5.29. The molecular weight excluding hydrogens is 286 g/mol. The van der Waals surface area contributed by atoms with E-state index in [-0.39, 0.29) is 6.04 Å². The van der Waals surface area contributed by atoms with Gasteiger partial charge in [-0.15, -0.1) is 11.3 Å². The van der Waals surface area contributed by atoms with Gasteiger partial charge in [0.05, 0.1) is 9.83 Å². The van der Waals surface area contributed by atoms with E-state index < -0.39 is 0 Å². The lowest BCUT2D eigenvalue weighted by atomic mass is 10.1. The van der Waals surface area contributed by atoms with Crippen LogP contribution in [0.15, 0.2) is 28.6 Å². The predicted molar refractivity (Wildman–Crippen MR) is 69.7 cm³/mol. The first-order valence-corrected chi connectivity index (χ1v) is 6.51. The summed E-state index contributed by atoms with van der Waals surface area (Å²) < 4.78 is 1.18. The zero-order valence-electron chi connectivity index (χ0n) is 9.07. The molecule has 0 radical (unpaired) electrons. The van der Waals surface area contributed by atoms with Crippen LogP contribution >= 0.6 is 27.3 Å². The van der Waals surface area contributed by atoms with Gasteiger partial charge in [-0.1, -0.05) is 0 Å². The molecule has 0 aliphatic carbocycles. The van der Waals surface area contributed by atoms with Crippen LogP contribution in [0.4, 0.5) is 0 Å². The zero-order valence-corrected chi connectivity index (χ0v) is 11.5. The molecule has 2 aromatic rings. The Morgan fingerprint density at radius 1 is 1.38 bits per heavy atom. The minimum Gasteiger partial charge on any atom is -0.309 e. The number of nitrogens with zero attached hydrogens (tertiary/aromatic N) is 2. The fourth-order valence-electron chi connectivity index (χ4n) is 1.56. The van der Waals surface area contributed by atoms with Crippen molar-refractivity contribution in [3.63, 3.8) is 0 Å². The molecule has 0 amide bonds. The van der Waals surface area contributed by atoms with Gasteiger partial charge < -0.3 is 5.32 Å². The molecule has 3 nitrogen and oxygen atoms in total. The minimum absolute atomic E-state index is 0.163. The van der Waals surface area contributed by atoms with E-state index in [0.29, 0.717) is 0 Å². The van der Waals surface area contributed by atoms with Crippen LogP contribution in [0.5, 0.6) is 0 Å². The molecule has 5 heteroatoms. The van der Waals surface area contributed by atoms with Gasteiger partial charge in [-0.3, -0.25) is 0 Å². The fourth-order valence-corrected chi connectivity index (χ4v) is 3.27. The maximum Gasteiger partial charge on any atom is 0.115 e. The number of halogens is 1. The number of aryl methyl sites for hydroxylation is 1. The molecule has 0 spiro atoms. The van der Waals surface area contributed by atoms with E-state index in [4.69, 9.17) is 0 Å². The monoisotopic (exact) mass is 297 g/mol. The third-order valence-electron chi connectivity index (χ3n) is 2.36. The van der Waals surface area contributed by atoms with E-state index in [2.05, 4.69) is 44.2 Å². The predicted octanol–water partition coefficient (Wildman–Crippen LogP) is 2.92. The Morgan fingerprint density at radius 3 is 2.56 bits per heavy atom. The van der Waals surface area contributed by atoms with Gasteiger partial charge in [-0.25, -0.2) is 9.97 Å². The molecule has 0 aliphatic heterocycles. The molecule has 0 aliphatic rings. The third-order valence-corrected chi connectivity index (χ3v) is 4.56. The molecular formula is C11H12BrN3S. The van der Waals surface area contributed by atoms with Crippen LogP contribution in [0, 0.1) is 6.92 Å². The summed E-state index contributed by atoms with van der Waals surface area (Å²) in [4.78, 5) is 9.37. The normalized spacial score (nSPS) is 12.7. The highest BCUT2D eigenvalue weighted by atomic mass is 79.9. The van der Waals surface area contributed by atoms with Crippen LogP contribution in [0.2, 0.25) is 0 Å². The van der Waals surface area contributed by atoms with Gasteiger partial charge in [0.15, 0.2) is 0 Å². The van der Waals surface area contributed by atoms with E-state index in [0.717, 1.165) is 5.56 Å². The highest BCUT2D eigenvalue weighted by molar-refractivity contribution is 9.11. The number of thiophene rings is 1. The fraction of sp³-hybridized carbons (Fsp3) is 0.273. The van der Waals surface area contributed by atoms with Crippen LogP contribution in [-0.2, 0) is 0 Å². The first-order chi connectivity index (χ1) is 7.72. The van der Waals surface area contributed by atoms with Crippen molar-refractivity contribution in [1.82, 2.24) is 15.3 Å². The average Bonchev–Trinajstić information content (AvgIpc) is 2.61. The molecule has 0 saturated carbocycles. The second kappa shape index (κ2) is 5.03. The van der Waals surface area contributed by atoms with Crippen molar-refractivity contribution in [1.29, 1.82) is 0 Å². The number of nitrogens with one attached hydrogen (secondary N) is 1. The quantitative estimate of drug-likeness (QED) is 0.947. The lowest BCUT2D eigenvalue weighted by Crippen LogP contribution is -2.16. The second-order valence-corrected chi connectivity index (χ2v) is 5.90. The smallest absolute Gasteiger partial charge is 0.115 e. The SMILES string of the molecule is CNC(c1cncnc1)c1cc(C)c(Br)s1. The molecule has 2 heterocycles. The Morgan fingerprint density at radius 2 is 2.06 bits per heavy atom. The summed E-state index contributed by atoms with van der Waals surface area (Å²) in [5.41, 5.74) is 2.34. The summed E-state index contributed by atoms with van der Waals surface area (Å²) in [5.74, 6) is 0. The zero-order chi connectivity index (χ0) is 11.5. The standard InChI is InChI=1S/C11H12BrN3S/c1-7-3-9(16-11(7)12)10(13-2)8-4-14-6-15-5-8/h3-6,10,13H,1-2H3. The van der Waals surface area contributed by atoms with Crippen molar-refractivity contribution in [3.8, 4) is 0 Å². The molecule has 0 aromatic carbocycles. The van der Waals surface area contributed by atoms with Gasteiger partial charge in [-0.2, -0.15) is 0 Å². The lowest BCUT2D eigenvalue weighted by molar-refractivity contribution is 0.696. The summed E-state index contributed by atoms with van der Waals surface area (Å²) in [5, 5.41) is 3.28. The molecule has 0 fully saturated rings. The Labute approximate surface area is 107 Å². The summed E-state index contributed by atoms with van der Waals surface area (Å²) in [6.45, 7) is 2.10. The molecule has 1 N–H and O–H groups in total. The number of hydrogen-bond acceptors (Lipinski definition) is 4. The largest absolute Gasteiger partial charge is 0.309 e. The van der Waals surface area contributed by atoms with Crippen LogP contribution in [0.1, 0.15) is 22.0 Å². The Bertz CT molecular complexity index is 450. The van der Waals surface area contributed by atoms with Crippen molar-refractivity contribution in [3.05, 3.63) is 44.6 Å². The van der Waals surface area contributed by atoms with Gasteiger partial charge in [0, 0.05) is 22.8 Å². The van der Waals surface area contributed by atoms with Gasteiger partial charge in [0.2, 0.25) is 0 Å². The van der Waals surface area contributed by atoms with Crippen molar-refractivity contribution in [2.45, 2.75) is 13.0 Å². The maximum absolute atomic E-state index is 4.05. The Kier molecular flexibility index (Phi) is 3.68. The number of aromatic nitrogens is 2. The first-order valence-electron chi connectivity index (χ1n) is 4.90. The van der Waals surface area contributed by atoms with Crippen molar-refractivity contribution < 1.29 is 0 Å². The molecule has 1 unspecified atom stereocenters. The summed E-state index contributed by atoms with van der Waals surface area (Å²) in [7, 11) is 1.95. The van der Waals surface area contributed by atoms with E-state index >= 15 is 0 Å². The van der Waals surface area contributed by atoms with Gasteiger partial charge in [-0.05, 0) is 41.5 Å². The highest BCUT2D eigenvalue weighted by Gasteiger charge is 2.15.